The molecule has 2 atom stereocenters. The number of carbonyl (C=O) groups is 2. The summed E-state index contributed by atoms with van der Waals surface area (Å²) in [7, 11) is 0. The van der Waals surface area contributed by atoms with Gasteiger partial charge in [-0.1, -0.05) is 31.2 Å². The Hall–Kier alpha value is -3.03. The van der Waals surface area contributed by atoms with Gasteiger partial charge in [-0.2, -0.15) is 0 Å². The van der Waals surface area contributed by atoms with Crippen molar-refractivity contribution in [2.45, 2.75) is 45.2 Å². The number of carbonyl (C=O) groups excluding carboxylic acids is 2. The first-order valence-corrected chi connectivity index (χ1v) is 14.1. The normalized spacial score (nSPS) is 20.1. The van der Waals surface area contributed by atoms with Gasteiger partial charge < -0.3 is 9.80 Å². The third-order valence-corrected chi connectivity index (χ3v) is 8.69. The molecule has 7 heteroatoms. The summed E-state index contributed by atoms with van der Waals surface area (Å²) in [5.74, 6) is -0.0981. The Balaban J connectivity index is 1.21. The van der Waals surface area contributed by atoms with Crippen molar-refractivity contribution < 1.29 is 14.0 Å². The molecule has 0 bridgehead atoms. The SMILES string of the molecule is CCc1ccc(C(=O)N2CCN(C(=O)CCN3CCc4sccc4[C@H]3c3cccc(F)c3)C[C@H]2C)cc1. The Morgan fingerprint density at radius 3 is 2.59 bits per heavy atom. The largest absolute Gasteiger partial charge is 0.339 e. The molecule has 1 fully saturated rings. The molecular formula is C30H34FN3O2S. The maximum Gasteiger partial charge on any atom is 0.254 e. The van der Waals surface area contributed by atoms with Gasteiger partial charge in [0, 0.05) is 55.6 Å². The van der Waals surface area contributed by atoms with Gasteiger partial charge in [-0.25, -0.2) is 4.39 Å². The standard InChI is InChI=1S/C30H34FN3O2S/c1-3-22-7-9-23(10-8-22)30(36)34-17-16-33(20-21(34)2)28(35)12-15-32-14-11-27-26(13-18-37-27)29(32)24-5-4-6-25(31)19-24/h4-10,13,18-19,21,29H,3,11-12,14-17,20H2,1-2H3/t21-,29-/m1/s1. The summed E-state index contributed by atoms with van der Waals surface area (Å²) in [6, 6.07) is 16.7. The predicted octanol–water partition coefficient (Wildman–Crippen LogP) is 5.16. The van der Waals surface area contributed by atoms with E-state index in [1.807, 2.05) is 47.1 Å². The summed E-state index contributed by atoms with van der Waals surface area (Å²) in [4.78, 5) is 33.7. The van der Waals surface area contributed by atoms with Gasteiger partial charge in [0.2, 0.25) is 5.91 Å². The highest BCUT2D eigenvalue weighted by molar-refractivity contribution is 7.10. The molecule has 0 saturated carbocycles. The molecule has 1 aromatic heterocycles. The molecular weight excluding hydrogens is 485 g/mol. The highest BCUT2D eigenvalue weighted by atomic mass is 32.1. The van der Waals surface area contributed by atoms with E-state index in [4.69, 9.17) is 0 Å². The molecule has 0 unspecified atom stereocenters. The number of thiophene rings is 1. The zero-order valence-corrected chi connectivity index (χ0v) is 22.3. The molecule has 5 nitrogen and oxygen atoms in total. The van der Waals surface area contributed by atoms with Crippen LogP contribution in [0.5, 0.6) is 0 Å². The zero-order valence-electron chi connectivity index (χ0n) is 21.5. The molecule has 1 saturated heterocycles. The number of halogens is 1. The van der Waals surface area contributed by atoms with Crippen LogP contribution in [0.2, 0.25) is 0 Å². The average molecular weight is 520 g/mol. The highest BCUT2D eigenvalue weighted by Gasteiger charge is 2.33. The number of aryl methyl sites for hydroxylation is 1. The van der Waals surface area contributed by atoms with E-state index in [1.54, 1.807) is 23.5 Å². The van der Waals surface area contributed by atoms with Gasteiger partial charge in [0.15, 0.2) is 0 Å². The first kappa shape index (κ1) is 25.6. The second kappa shape index (κ2) is 11.2. The van der Waals surface area contributed by atoms with Crippen LogP contribution in [0.15, 0.2) is 60.0 Å². The Kier molecular flexibility index (Phi) is 7.72. The smallest absolute Gasteiger partial charge is 0.254 e. The first-order chi connectivity index (χ1) is 17.9. The van der Waals surface area contributed by atoms with E-state index in [9.17, 15) is 14.0 Å². The minimum atomic E-state index is -0.237. The molecule has 2 aliphatic heterocycles. The molecule has 0 radical (unpaired) electrons. The zero-order chi connectivity index (χ0) is 25.9. The van der Waals surface area contributed by atoms with Crippen molar-refractivity contribution >= 4 is 23.2 Å². The molecule has 3 aromatic rings. The average Bonchev–Trinajstić information content (AvgIpc) is 3.40. The minimum Gasteiger partial charge on any atom is -0.339 e. The third kappa shape index (κ3) is 5.48. The summed E-state index contributed by atoms with van der Waals surface area (Å²) in [6.07, 6.45) is 2.30. The number of amides is 2. The van der Waals surface area contributed by atoms with Gasteiger partial charge in [0.25, 0.3) is 5.91 Å². The Morgan fingerprint density at radius 2 is 1.86 bits per heavy atom. The van der Waals surface area contributed by atoms with Crippen LogP contribution in [0, 0.1) is 5.82 Å². The van der Waals surface area contributed by atoms with Gasteiger partial charge in [-0.15, -0.1) is 11.3 Å². The lowest BCUT2D eigenvalue weighted by Crippen LogP contribution is -2.55. The van der Waals surface area contributed by atoms with Crippen molar-refractivity contribution in [3.8, 4) is 0 Å². The fourth-order valence-electron chi connectivity index (χ4n) is 5.61. The van der Waals surface area contributed by atoms with Crippen LogP contribution in [-0.2, 0) is 17.6 Å². The second-order valence-electron chi connectivity index (χ2n) is 10.0. The lowest BCUT2D eigenvalue weighted by atomic mass is 9.93. The topological polar surface area (TPSA) is 43.9 Å². The maximum absolute atomic E-state index is 14.1. The molecule has 0 aliphatic carbocycles. The van der Waals surface area contributed by atoms with Gasteiger partial charge in [0.1, 0.15) is 5.82 Å². The van der Waals surface area contributed by atoms with Crippen molar-refractivity contribution in [3.63, 3.8) is 0 Å². The van der Waals surface area contributed by atoms with E-state index in [1.165, 1.54) is 22.1 Å². The quantitative estimate of drug-likeness (QED) is 0.452. The molecule has 194 valence electrons. The van der Waals surface area contributed by atoms with Crippen molar-refractivity contribution in [3.05, 3.63) is 92.9 Å². The number of hydrogen-bond acceptors (Lipinski definition) is 4. The van der Waals surface area contributed by atoms with Gasteiger partial charge in [0.05, 0.1) is 6.04 Å². The molecule has 2 aliphatic rings. The lowest BCUT2D eigenvalue weighted by Gasteiger charge is -2.41. The fourth-order valence-corrected chi connectivity index (χ4v) is 6.51. The minimum absolute atomic E-state index is 0.0278. The summed E-state index contributed by atoms with van der Waals surface area (Å²) in [5, 5.41) is 2.10. The van der Waals surface area contributed by atoms with Crippen LogP contribution in [0.3, 0.4) is 0 Å². The fraction of sp³-hybridized carbons (Fsp3) is 0.400. The molecule has 0 N–H and O–H groups in total. The van der Waals surface area contributed by atoms with Crippen LogP contribution in [0.4, 0.5) is 4.39 Å². The molecule has 0 spiro atoms. The van der Waals surface area contributed by atoms with E-state index in [-0.39, 0.29) is 29.7 Å². The molecule has 5 rings (SSSR count). The lowest BCUT2D eigenvalue weighted by molar-refractivity contribution is -0.134. The number of fused-ring (bicyclic) bond motifs is 1. The van der Waals surface area contributed by atoms with Gasteiger partial charge in [-0.3, -0.25) is 14.5 Å². The van der Waals surface area contributed by atoms with Gasteiger partial charge >= 0.3 is 0 Å². The van der Waals surface area contributed by atoms with Crippen molar-refractivity contribution in [2.24, 2.45) is 0 Å². The van der Waals surface area contributed by atoms with Crippen LogP contribution in [0.25, 0.3) is 0 Å². The summed E-state index contributed by atoms with van der Waals surface area (Å²) < 4.78 is 14.1. The number of rotatable bonds is 6. The summed E-state index contributed by atoms with van der Waals surface area (Å²) >= 11 is 1.75. The van der Waals surface area contributed by atoms with Crippen molar-refractivity contribution in [2.75, 3.05) is 32.7 Å². The van der Waals surface area contributed by atoms with E-state index >= 15 is 0 Å². The van der Waals surface area contributed by atoms with Gasteiger partial charge in [-0.05, 0) is 72.2 Å². The van der Waals surface area contributed by atoms with Crippen molar-refractivity contribution in [1.29, 1.82) is 0 Å². The summed E-state index contributed by atoms with van der Waals surface area (Å²) in [5.41, 5.74) is 4.07. The number of hydrogen-bond donors (Lipinski definition) is 0. The molecule has 3 heterocycles. The number of nitrogens with zero attached hydrogens (tertiary/aromatic N) is 3. The highest BCUT2D eigenvalue weighted by Crippen LogP contribution is 2.38. The third-order valence-electron chi connectivity index (χ3n) is 7.69. The van der Waals surface area contributed by atoms with Crippen LogP contribution in [-0.4, -0.2) is 65.3 Å². The monoisotopic (exact) mass is 519 g/mol. The molecule has 2 aromatic carbocycles. The maximum atomic E-state index is 14.1. The molecule has 37 heavy (non-hydrogen) atoms. The van der Waals surface area contributed by atoms with Crippen LogP contribution in [0.1, 0.15) is 58.2 Å². The van der Waals surface area contributed by atoms with Crippen LogP contribution < -0.4 is 0 Å². The first-order valence-electron chi connectivity index (χ1n) is 13.2. The van der Waals surface area contributed by atoms with E-state index in [0.717, 1.165) is 24.9 Å². The second-order valence-corrected chi connectivity index (χ2v) is 11.0. The predicted molar refractivity (Wildman–Crippen MR) is 145 cm³/mol. The number of piperazine rings is 1. The van der Waals surface area contributed by atoms with E-state index in [0.29, 0.717) is 38.2 Å². The van der Waals surface area contributed by atoms with E-state index < -0.39 is 0 Å². The molecule has 2 amide bonds. The Bertz CT molecular complexity index is 1260. The van der Waals surface area contributed by atoms with E-state index in [2.05, 4.69) is 23.3 Å². The van der Waals surface area contributed by atoms with Crippen molar-refractivity contribution in [1.82, 2.24) is 14.7 Å². The Labute approximate surface area is 222 Å². The Morgan fingerprint density at radius 1 is 1.05 bits per heavy atom. The summed E-state index contributed by atoms with van der Waals surface area (Å²) in [6.45, 7) is 7.20. The van der Waals surface area contributed by atoms with Crippen LogP contribution >= 0.6 is 11.3 Å². The number of benzene rings is 2.